The Bertz CT molecular complexity index is 299. The van der Waals surface area contributed by atoms with Gasteiger partial charge in [0.1, 0.15) is 11.6 Å². The maximum atomic E-state index is 4.56. The van der Waals surface area contributed by atoms with Crippen molar-refractivity contribution < 1.29 is 0 Å². The van der Waals surface area contributed by atoms with Crippen molar-refractivity contribution in [1.82, 2.24) is 4.98 Å². The van der Waals surface area contributed by atoms with Crippen molar-refractivity contribution in [3.8, 4) is 0 Å². The molecule has 0 spiro atoms. The van der Waals surface area contributed by atoms with E-state index < -0.39 is 0 Å². The molecule has 1 rings (SSSR count). The summed E-state index contributed by atoms with van der Waals surface area (Å²) in [6, 6.07) is 6.12. The minimum absolute atomic E-state index is 0.913. The second-order valence-corrected chi connectivity index (χ2v) is 4.04. The summed E-state index contributed by atoms with van der Waals surface area (Å²) >= 11 is 0. The maximum Gasteiger partial charge on any atom is 0.130 e. The van der Waals surface area contributed by atoms with Gasteiger partial charge in [0.15, 0.2) is 0 Å². The van der Waals surface area contributed by atoms with Gasteiger partial charge in [-0.15, -0.1) is 0 Å². The Labute approximate surface area is 98.9 Å². The highest BCUT2D eigenvalue weighted by atomic mass is 15.2. The van der Waals surface area contributed by atoms with Gasteiger partial charge in [0.25, 0.3) is 0 Å². The summed E-state index contributed by atoms with van der Waals surface area (Å²) in [4.78, 5) is 6.77. The Kier molecular flexibility index (Phi) is 5.68. The van der Waals surface area contributed by atoms with E-state index in [4.69, 9.17) is 0 Å². The summed E-state index contributed by atoms with van der Waals surface area (Å²) in [7, 11) is 2.10. The molecule has 0 atom stereocenters. The molecule has 0 saturated carbocycles. The molecule has 1 aromatic heterocycles. The maximum absolute atomic E-state index is 4.56. The summed E-state index contributed by atoms with van der Waals surface area (Å²) in [6.07, 6.45) is 3.79. The molecule has 0 unspecified atom stereocenters. The first-order valence-corrected chi connectivity index (χ1v) is 6.20. The van der Waals surface area contributed by atoms with Gasteiger partial charge in [-0.1, -0.05) is 25.8 Å². The molecule has 0 saturated heterocycles. The third-order valence-electron chi connectivity index (χ3n) is 2.58. The van der Waals surface area contributed by atoms with Gasteiger partial charge in [0.2, 0.25) is 0 Å². The van der Waals surface area contributed by atoms with E-state index in [2.05, 4.69) is 48.2 Å². The third-order valence-corrected chi connectivity index (χ3v) is 2.58. The lowest BCUT2D eigenvalue weighted by Crippen LogP contribution is -2.19. The molecule has 0 fully saturated rings. The summed E-state index contributed by atoms with van der Waals surface area (Å²) in [6.45, 7) is 6.30. The van der Waals surface area contributed by atoms with Gasteiger partial charge in [0.05, 0.1) is 0 Å². The van der Waals surface area contributed by atoms with Crippen LogP contribution in [-0.4, -0.2) is 25.1 Å². The van der Waals surface area contributed by atoms with E-state index in [1.165, 1.54) is 19.3 Å². The molecule has 1 aromatic rings. The highest BCUT2D eigenvalue weighted by Gasteiger charge is 2.02. The van der Waals surface area contributed by atoms with Gasteiger partial charge in [-0.2, -0.15) is 0 Å². The molecule has 1 N–H and O–H groups in total. The van der Waals surface area contributed by atoms with E-state index in [9.17, 15) is 0 Å². The Morgan fingerprint density at radius 3 is 2.75 bits per heavy atom. The standard InChI is InChI=1S/C13H23N3/c1-4-6-7-11-16(3)13-10-8-9-12(15-13)14-5-2/h8-10H,4-7,11H2,1-3H3,(H,14,15). The van der Waals surface area contributed by atoms with Crippen molar-refractivity contribution >= 4 is 11.6 Å². The van der Waals surface area contributed by atoms with Crippen LogP contribution in [0.1, 0.15) is 33.1 Å². The van der Waals surface area contributed by atoms with Gasteiger partial charge in [-0.3, -0.25) is 0 Å². The molecule has 1 heterocycles. The first-order valence-electron chi connectivity index (χ1n) is 6.20. The zero-order chi connectivity index (χ0) is 11.8. The lowest BCUT2D eigenvalue weighted by atomic mass is 10.2. The Morgan fingerprint density at radius 1 is 1.25 bits per heavy atom. The summed E-state index contributed by atoms with van der Waals surface area (Å²) < 4.78 is 0. The van der Waals surface area contributed by atoms with Crippen molar-refractivity contribution in [1.29, 1.82) is 0 Å². The van der Waals surface area contributed by atoms with Gasteiger partial charge >= 0.3 is 0 Å². The second kappa shape index (κ2) is 7.09. The molecule has 0 aliphatic heterocycles. The molecule has 0 radical (unpaired) electrons. The van der Waals surface area contributed by atoms with Crippen molar-refractivity contribution in [2.75, 3.05) is 30.4 Å². The smallest absolute Gasteiger partial charge is 0.130 e. The fraction of sp³-hybridized carbons (Fsp3) is 0.615. The van der Waals surface area contributed by atoms with Crippen molar-refractivity contribution in [2.45, 2.75) is 33.1 Å². The average Bonchev–Trinajstić information content (AvgIpc) is 2.30. The quantitative estimate of drug-likeness (QED) is 0.717. The van der Waals surface area contributed by atoms with E-state index in [0.717, 1.165) is 24.7 Å². The van der Waals surface area contributed by atoms with E-state index in [1.807, 2.05) is 6.07 Å². The van der Waals surface area contributed by atoms with E-state index in [1.54, 1.807) is 0 Å². The van der Waals surface area contributed by atoms with Crippen LogP contribution >= 0.6 is 0 Å². The van der Waals surface area contributed by atoms with Crippen molar-refractivity contribution in [3.05, 3.63) is 18.2 Å². The van der Waals surface area contributed by atoms with Crippen LogP contribution in [0.5, 0.6) is 0 Å². The Hall–Kier alpha value is -1.25. The van der Waals surface area contributed by atoms with Crippen LogP contribution in [0, 0.1) is 0 Å². The van der Waals surface area contributed by atoms with Crippen molar-refractivity contribution in [3.63, 3.8) is 0 Å². The molecule has 0 aliphatic carbocycles. The van der Waals surface area contributed by atoms with Crippen LogP contribution in [0.2, 0.25) is 0 Å². The fourth-order valence-corrected chi connectivity index (χ4v) is 1.63. The number of hydrogen-bond acceptors (Lipinski definition) is 3. The van der Waals surface area contributed by atoms with Crippen LogP contribution in [-0.2, 0) is 0 Å². The number of anilines is 2. The van der Waals surface area contributed by atoms with Crippen LogP contribution in [0.4, 0.5) is 11.6 Å². The van der Waals surface area contributed by atoms with Crippen LogP contribution < -0.4 is 10.2 Å². The molecular weight excluding hydrogens is 198 g/mol. The highest BCUT2D eigenvalue weighted by molar-refractivity contribution is 5.46. The molecule has 0 bridgehead atoms. The molecule has 0 aliphatic rings. The minimum Gasteiger partial charge on any atom is -0.370 e. The van der Waals surface area contributed by atoms with Gasteiger partial charge in [0, 0.05) is 20.1 Å². The molecular formula is C13H23N3. The topological polar surface area (TPSA) is 28.2 Å². The lowest BCUT2D eigenvalue weighted by molar-refractivity contribution is 0.701. The van der Waals surface area contributed by atoms with Gasteiger partial charge < -0.3 is 10.2 Å². The fourth-order valence-electron chi connectivity index (χ4n) is 1.63. The van der Waals surface area contributed by atoms with Crippen molar-refractivity contribution in [2.24, 2.45) is 0 Å². The van der Waals surface area contributed by atoms with E-state index >= 15 is 0 Å². The highest BCUT2D eigenvalue weighted by Crippen LogP contribution is 2.13. The average molecular weight is 221 g/mol. The molecule has 90 valence electrons. The first kappa shape index (κ1) is 12.8. The molecule has 16 heavy (non-hydrogen) atoms. The predicted octanol–water partition coefficient (Wildman–Crippen LogP) is 3.14. The van der Waals surface area contributed by atoms with Gasteiger partial charge in [-0.25, -0.2) is 4.98 Å². The normalized spacial score (nSPS) is 10.2. The van der Waals surface area contributed by atoms with E-state index in [0.29, 0.717) is 0 Å². The van der Waals surface area contributed by atoms with Gasteiger partial charge in [-0.05, 0) is 25.5 Å². The molecule has 3 heteroatoms. The number of rotatable bonds is 7. The minimum atomic E-state index is 0.913. The zero-order valence-corrected chi connectivity index (χ0v) is 10.7. The van der Waals surface area contributed by atoms with E-state index in [-0.39, 0.29) is 0 Å². The zero-order valence-electron chi connectivity index (χ0n) is 10.7. The third kappa shape index (κ3) is 4.09. The summed E-state index contributed by atoms with van der Waals surface area (Å²) in [5, 5.41) is 3.23. The Morgan fingerprint density at radius 2 is 2.06 bits per heavy atom. The molecule has 0 aromatic carbocycles. The van der Waals surface area contributed by atoms with Crippen LogP contribution in [0.15, 0.2) is 18.2 Å². The predicted molar refractivity (Wildman–Crippen MR) is 71.2 cm³/mol. The summed E-state index contributed by atoms with van der Waals surface area (Å²) in [5.41, 5.74) is 0. The number of nitrogens with zero attached hydrogens (tertiary/aromatic N) is 2. The number of hydrogen-bond donors (Lipinski definition) is 1. The largest absolute Gasteiger partial charge is 0.370 e. The number of pyridine rings is 1. The number of aromatic nitrogens is 1. The SMILES string of the molecule is CCCCCN(C)c1cccc(NCC)n1. The second-order valence-electron chi connectivity index (χ2n) is 4.04. The monoisotopic (exact) mass is 221 g/mol. The number of unbranched alkanes of at least 4 members (excludes halogenated alkanes) is 2. The van der Waals surface area contributed by atoms with Crippen LogP contribution in [0.25, 0.3) is 0 Å². The Balaban J connectivity index is 2.53. The van der Waals surface area contributed by atoms with Crippen LogP contribution in [0.3, 0.4) is 0 Å². The molecule has 3 nitrogen and oxygen atoms in total. The molecule has 0 amide bonds. The number of nitrogens with one attached hydrogen (secondary N) is 1. The summed E-state index contributed by atoms with van der Waals surface area (Å²) in [5.74, 6) is 2.01. The first-order chi connectivity index (χ1) is 7.77. The lowest BCUT2D eigenvalue weighted by Gasteiger charge is -2.18.